The first kappa shape index (κ1) is 19.8. The van der Waals surface area contributed by atoms with E-state index in [9.17, 15) is 0 Å². The highest BCUT2D eigenvalue weighted by molar-refractivity contribution is 7.97. The lowest BCUT2D eigenvalue weighted by atomic mass is 10.1. The van der Waals surface area contributed by atoms with Crippen molar-refractivity contribution in [1.29, 1.82) is 0 Å². The summed E-state index contributed by atoms with van der Waals surface area (Å²) in [6, 6.07) is 11.7. The van der Waals surface area contributed by atoms with Crippen LogP contribution in [-0.2, 0) is 22.8 Å². The van der Waals surface area contributed by atoms with E-state index < -0.39 is 0 Å². The first-order valence-corrected chi connectivity index (χ1v) is 10.5. The predicted octanol–water partition coefficient (Wildman–Crippen LogP) is 4.46. The van der Waals surface area contributed by atoms with Gasteiger partial charge in [0.2, 0.25) is 11.9 Å². The smallest absolute Gasteiger partial charge is 0.232 e. The highest BCUT2D eigenvalue weighted by Gasteiger charge is 2.16. The Balaban J connectivity index is 1.45. The van der Waals surface area contributed by atoms with Crippen LogP contribution in [0.5, 0.6) is 5.75 Å². The van der Waals surface area contributed by atoms with Crippen molar-refractivity contribution >= 4 is 40.9 Å². The van der Waals surface area contributed by atoms with Gasteiger partial charge < -0.3 is 20.5 Å². The van der Waals surface area contributed by atoms with E-state index in [1.54, 1.807) is 11.8 Å². The number of fused-ring (bicyclic) bond motifs is 1. The van der Waals surface area contributed by atoms with Gasteiger partial charge in [-0.2, -0.15) is 15.0 Å². The number of anilines is 3. The number of thioether (sulfide) groups is 1. The van der Waals surface area contributed by atoms with Crippen molar-refractivity contribution < 1.29 is 9.47 Å². The maximum absolute atomic E-state index is 6.23. The van der Waals surface area contributed by atoms with Gasteiger partial charge in [0.15, 0.2) is 6.79 Å². The van der Waals surface area contributed by atoms with Crippen LogP contribution in [0.3, 0.4) is 0 Å². The minimum absolute atomic E-state index is 0.187. The molecule has 0 bridgehead atoms. The number of ether oxygens (including phenoxy) is 2. The second-order valence-corrected chi connectivity index (χ2v) is 7.95. The van der Waals surface area contributed by atoms with Crippen LogP contribution in [-0.4, -0.2) is 21.7 Å². The molecular formula is C20H20ClN5O2S. The number of aromatic nitrogens is 3. The summed E-state index contributed by atoms with van der Waals surface area (Å²) < 4.78 is 11.0. The summed E-state index contributed by atoms with van der Waals surface area (Å²) in [5.74, 6) is 3.36. The molecule has 0 fully saturated rings. The summed E-state index contributed by atoms with van der Waals surface area (Å²) in [5, 5.41) is 3.88. The van der Waals surface area contributed by atoms with Gasteiger partial charge in [-0.25, -0.2) is 0 Å². The molecule has 0 aliphatic carbocycles. The van der Waals surface area contributed by atoms with E-state index in [0.717, 1.165) is 28.1 Å². The van der Waals surface area contributed by atoms with Gasteiger partial charge in [-0.15, -0.1) is 11.8 Å². The second kappa shape index (κ2) is 8.86. The first-order valence-electron chi connectivity index (χ1n) is 9.01. The Bertz CT molecular complexity index is 1030. The fourth-order valence-electron chi connectivity index (χ4n) is 3.01. The average molecular weight is 430 g/mol. The molecule has 1 aliphatic heterocycles. The third kappa shape index (κ3) is 4.90. The fourth-order valence-corrected chi connectivity index (χ4v) is 4.12. The van der Waals surface area contributed by atoms with E-state index in [0.29, 0.717) is 34.9 Å². The quantitative estimate of drug-likeness (QED) is 0.593. The number of aryl methyl sites for hydroxylation is 1. The van der Waals surface area contributed by atoms with Crippen LogP contribution in [0.25, 0.3) is 0 Å². The predicted molar refractivity (Wildman–Crippen MR) is 115 cm³/mol. The van der Waals surface area contributed by atoms with Crippen LogP contribution in [0.4, 0.5) is 17.6 Å². The topological polar surface area (TPSA) is 95.2 Å². The highest BCUT2D eigenvalue weighted by Crippen LogP contribution is 2.34. The van der Waals surface area contributed by atoms with Crippen LogP contribution < -0.4 is 15.8 Å². The normalized spacial score (nSPS) is 12.9. The van der Waals surface area contributed by atoms with Gasteiger partial charge >= 0.3 is 0 Å². The summed E-state index contributed by atoms with van der Waals surface area (Å²) in [4.78, 5) is 12.9. The number of nitrogens with one attached hydrogen (secondary N) is 1. The molecule has 0 atom stereocenters. The third-order valence-electron chi connectivity index (χ3n) is 4.33. The van der Waals surface area contributed by atoms with E-state index >= 15 is 0 Å². The van der Waals surface area contributed by atoms with Gasteiger partial charge in [0.05, 0.1) is 12.4 Å². The summed E-state index contributed by atoms with van der Waals surface area (Å²) in [7, 11) is 0. The van der Waals surface area contributed by atoms with E-state index in [2.05, 4.69) is 20.3 Å². The van der Waals surface area contributed by atoms with Gasteiger partial charge in [0.1, 0.15) is 11.6 Å². The lowest BCUT2D eigenvalue weighted by Crippen LogP contribution is -2.13. The van der Waals surface area contributed by atoms with Gasteiger partial charge in [0.25, 0.3) is 0 Å². The van der Waals surface area contributed by atoms with Crippen LogP contribution in [0.1, 0.15) is 22.5 Å². The monoisotopic (exact) mass is 429 g/mol. The molecule has 9 heteroatoms. The number of hydrogen-bond donors (Lipinski definition) is 2. The van der Waals surface area contributed by atoms with Crippen molar-refractivity contribution in [3.8, 4) is 5.75 Å². The number of nitrogen functional groups attached to an aromatic ring is 1. The third-order valence-corrected chi connectivity index (χ3v) is 5.53. The van der Waals surface area contributed by atoms with Crippen molar-refractivity contribution in [2.75, 3.05) is 17.8 Å². The van der Waals surface area contributed by atoms with E-state index in [4.69, 9.17) is 26.8 Å². The molecule has 29 heavy (non-hydrogen) atoms. The van der Waals surface area contributed by atoms with Crippen molar-refractivity contribution in [1.82, 2.24) is 15.0 Å². The Kier molecular flexibility index (Phi) is 6.03. The largest absolute Gasteiger partial charge is 0.467 e. The fraction of sp³-hybridized carbons (Fsp3) is 0.250. The number of halogens is 1. The summed E-state index contributed by atoms with van der Waals surface area (Å²) in [6.45, 7) is 2.78. The molecule has 3 N–H and O–H groups in total. The Morgan fingerprint density at radius 2 is 2.03 bits per heavy atom. The van der Waals surface area contributed by atoms with Crippen molar-refractivity contribution in [3.63, 3.8) is 0 Å². The lowest BCUT2D eigenvalue weighted by Gasteiger charge is -2.21. The number of para-hydroxylation sites is 1. The summed E-state index contributed by atoms with van der Waals surface area (Å²) in [5.41, 5.74) is 9.90. The van der Waals surface area contributed by atoms with E-state index in [1.807, 2.05) is 43.3 Å². The zero-order valence-electron chi connectivity index (χ0n) is 15.8. The Morgan fingerprint density at radius 1 is 1.17 bits per heavy atom. The molecule has 0 saturated heterocycles. The molecule has 1 aromatic heterocycles. The maximum atomic E-state index is 6.23. The minimum Gasteiger partial charge on any atom is -0.467 e. The first-order chi connectivity index (χ1) is 14.1. The molecule has 0 radical (unpaired) electrons. The molecule has 2 heterocycles. The molecule has 0 spiro atoms. The SMILES string of the molecule is Cc1ccccc1Nc1nc(N)nc(CSCc2cc(Cl)cc3c2OCOC3)n1. The van der Waals surface area contributed by atoms with Gasteiger partial charge in [0, 0.05) is 27.6 Å². The number of hydrogen-bond acceptors (Lipinski definition) is 8. The summed E-state index contributed by atoms with van der Waals surface area (Å²) in [6.07, 6.45) is 0. The minimum atomic E-state index is 0.187. The van der Waals surface area contributed by atoms with Gasteiger partial charge in [-0.05, 0) is 30.7 Å². The van der Waals surface area contributed by atoms with Gasteiger partial charge in [-0.1, -0.05) is 29.8 Å². The number of benzene rings is 2. The maximum Gasteiger partial charge on any atom is 0.232 e. The van der Waals surface area contributed by atoms with Crippen LogP contribution >= 0.6 is 23.4 Å². The standard InChI is InChI=1S/C20H20ClN5O2S/c1-12-4-2-3-5-16(12)23-20-25-17(24-19(22)26-20)10-29-9-14-7-15(21)6-13-8-27-11-28-18(13)14/h2-7H,8-11H2,1H3,(H3,22,23,24,25,26). The molecule has 7 nitrogen and oxygen atoms in total. The second-order valence-electron chi connectivity index (χ2n) is 6.53. The average Bonchev–Trinajstić information content (AvgIpc) is 2.69. The molecule has 0 saturated carbocycles. The Labute approximate surface area is 178 Å². The Morgan fingerprint density at radius 3 is 2.90 bits per heavy atom. The molecule has 0 unspecified atom stereocenters. The van der Waals surface area contributed by atoms with Gasteiger partial charge in [-0.3, -0.25) is 0 Å². The van der Waals surface area contributed by atoms with E-state index in [1.165, 1.54) is 0 Å². The molecule has 150 valence electrons. The molecule has 1 aliphatic rings. The molecule has 0 amide bonds. The molecular weight excluding hydrogens is 410 g/mol. The molecule has 2 aromatic carbocycles. The lowest BCUT2D eigenvalue weighted by molar-refractivity contribution is -0.0168. The zero-order chi connectivity index (χ0) is 20.2. The Hall–Kier alpha value is -2.55. The van der Waals surface area contributed by atoms with Crippen LogP contribution in [0, 0.1) is 6.92 Å². The highest BCUT2D eigenvalue weighted by atomic mass is 35.5. The van der Waals surface area contributed by atoms with Crippen LogP contribution in [0.15, 0.2) is 36.4 Å². The molecule has 4 rings (SSSR count). The number of nitrogens with two attached hydrogens (primary N) is 1. The van der Waals surface area contributed by atoms with Crippen molar-refractivity contribution in [2.24, 2.45) is 0 Å². The summed E-state index contributed by atoms with van der Waals surface area (Å²) >= 11 is 7.88. The zero-order valence-corrected chi connectivity index (χ0v) is 17.4. The van der Waals surface area contributed by atoms with Crippen molar-refractivity contribution in [2.45, 2.75) is 25.0 Å². The molecule has 3 aromatic rings. The van der Waals surface area contributed by atoms with Crippen molar-refractivity contribution in [3.05, 3.63) is 63.9 Å². The number of nitrogens with zero attached hydrogens (tertiary/aromatic N) is 3. The van der Waals surface area contributed by atoms with E-state index in [-0.39, 0.29) is 12.7 Å². The van der Waals surface area contributed by atoms with Crippen LogP contribution in [0.2, 0.25) is 5.02 Å². The number of rotatable bonds is 6.